The van der Waals surface area contributed by atoms with E-state index in [0.29, 0.717) is 28.9 Å². The topological polar surface area (TPSA) is 53.0 Å². The first-order valence-electron chi connectivity index (χ1n) is 10.3. The lowest BCUT2D eigenvalue weighted by Crippen LogP contribution is -2.42. The standard InChI is InChI=1S/C24H16F3N3O2S2/c1-2-29-17-10-6-7-11-18(17)33-19(29)13-15-12-16(14-8-4-3-5-9-14)28-23-30(15)22(32)20(34-23)21(31)24(25,26)27/h3-13H,2H2,1H3/b19-13-. The lowest BCUT2D eigenvalue weighted by atomic mass is 10.1. The van der Waals surface area contributed by atoms with Gasteiger partial charge in [-0.05, 0) is 31.2 Å². The van der Waals surface area contributed by atoms with Gasteiger partial charge in [-0.3, -0.25) is 14.5 Å². The molecule has 5 nitrogen and oxygen atoms in total. The number of carbonyl (C=O) groups excluding carboxylic acids is 2. The highest BCUT2D eigenvalue weighted by Gasteiger charge is 2.47. The van der Waals surface area contributed by atoms with Crippen molar-refractivity contribution in [3.05, 3.63) is 83.0 Å². The maximum atomic E-state index is 13.1. The van der Waals surface area contributed by atoms with Crippen LogP contribution >= 0.6 is 22.7 Å². The summed E-state index contributed by atoms with van der Waals surface area (Å²) in [5.41, 5.74) is 2.59. The number of allylic oxidation sites excluding steroid dienone is 2. The molecule has 0 fully saturated rings. The number of fused-ring (bicyclic) bond motifs is 2. The van der Waals surface area contributed by atoms with Gasteiger partial charge in [-0.25, -0.2) is 4.99 Å². The van der Waals surface area contributed by atoms with Gasteiger partial charge in [-0.1, -0.05) is 65.2 Å². The van der Waals surface area contributed by atoms with Gasteiger partial charge < -0.3 is 4.90 Å². The second kappa shape index (κ2) is 8.44. The SMILES string of the molecule is CCN1/C(=C/C2=CC(c3ccccc3)=NC3=S=C(C(=O)C(F)(F)F)C(=O)N23)Sc2ccccc21. The van der Waals surface area contributed by atoms with E-state index in [1.807, 2.05) is 61.5 Å². The molecule has 0 radical (unpaired) electrons. The molecule has 2 aromatic rings. The van der Waals surface area contributed by atoms with Crippen molar-refractivity contribution in [2.75, 3.05) is 11.4 Å². The molecule has 3 aliphatic heterocycles. The first kappa shape index (κ1) is 22.4. The smallest absolute Gasteiger partial charge is 0.335 e. The van der Waals surface area contributed by atoms with Crippen LogP contribution in [0.5, 0.6) is 0 Å². The van der Waals surface area contributed by atoms with Gasteiger partial charge in [0.2, 0.25) is 0 Å². The molecule has 0 atom stereocenters. The van der Waals surface area contributed by atoms with Crippen LogP contribution in [0.1, 0.15) is 12.5 Å². The zero-order valence-electron chi connectivity index (χ0n) is 17.7. The van der Waals surface area contributed by atoms with Crippen LogP contribution in [-0.4, -0.2) is 45.0 Å². The van der Waals surface area contributed by atoms with Crippen LogP contribution in [0.2, 0.25) is 0 Å². The molecule has 10 heteroatoms. The highest BCUT2D eigenvalue weighted by molar-refractivity contribution is 8.03. The molecule has 172 valence electrons. The van der Waals surface area contributed by atoms with E-state index < -0.39 is 22.7 Å². The highest BCUT2D eigenvalue weighted by atomic mass is 32.2. The monoisotopic (exact) mass is 499 g/mol. The minimum absolute atomic E-state index is 0.0226. The van der Waals surface area contributed by atoms with Crippen molar-refractivity contribution in [1.29, 1.82) is 0 Å². The van der Waals surface area contributed by atoms with Gasteiger partial charge in [-0.15, -0.1) is 0 Å². The maximum absolute atomic E-state index is 13.1. The number of Topliss-reactive ketones (excluding diaryl/α,β-unsaturated/α-hetero) is 1. The molecule has 0 spiro atoms. The number of hydrogen-bond donors (Lipinski definition) is 0. The number of hydrogen-bond acceptors (Lipinski definition) is 5. The fourth-order valence-corrected chi connectivity index (χ4v) is 5.92. The van der Waals surface area contributed by atoms with E-state index in [1.165, 1.54) is 11.8 Å². The van der Waals surface area contributed by atoms with Crippen molar-refractivity contribution >= 4 is 55.8 Å². The van der Waals surface area contributed by atoms with Crippen LogP contribution in [-0.2, 0) is 9.59 Å². The molecule has 0 aromatic heterocycles. The number of anilines is 1. The second-order valence-electron chi connectivity index (χ2n) is 7.41. The lowest BCUT2D eigenvalue weighted by Gasteiger charge is -2.25. The number of amides is 1. The Balaban J connectivity index is 1.62. The van der Waals surface area contributed by atoms with E-state index >= 15 is 0 Å². The predicted molar refractivity (Wildman–Crippen MR) is 130 cm³/mol. The van der Waals surface area contributed by atoms with E-state index in [9.17, 15) is 22.8 Å². The Labute approximate surface area is 200 Å². The van der Waals surface area contributed by atoms with Gasteiger partial charge in [-0.2, -0.15) is 13.2 Å². The van der Waals surface area contributed by atoms with Crippen LogP contribution in [0.4, 0.5) is 18.9 Å². The van der Waals surface area contributed by atoms with Gasteiger partial charge in [0.1, 0.15) is 4.86 Å². The Morgan fingerprint density at radius 3 is 2.50 bits per heavy atom. The van der Waals surface area contributed by atoms with Crippen LogP contribution in [0, 0.1) is 0 Å². The van der Waals surface area contributed by atoms with Crippen molar-refractivity contribution in [2.24, 2.45) is 4.99 Å². The Bertz CT molecular complexity index is 1390. The number of aliphatic imine (C=N–C) groups is 1. The average Bonchev–Trinajstić information content (AvgIpc) is 3.35. The minimum Gasteiger partial charge on any atom is -0.335 e. The summed E-state index contributed by atoms with van der Waals surface area (Å²) in [6.07, 6.45) is -1.74. The number of nitrogens with zero attached hydrogens (tertiary/aromatic N) is 3. The number of alkyl halides is 3. The summed E-state index contributed by atoms with van der Waals surface area (Å²) in [5, 5.41) is 0.839. The lowest BCUT2D eigenvalue weighted by molar-refractivity contribution is -0.163. The molecular formula is C24H16F3N3O2S2. The number of benzene rings is 2. The molecule has 0 bridgehead atoms. The van der Waals surface area contributed by atoms with Crippen LogP contribution in [0.3, 0.4) is 0 Å². The summed E-state index contributed by atoms with van der Waals surface area (Å²) in [4.78, 5) is 32.6. The first-order chi connectivity index (χ1) is 16.3. The maximum Gasteiger partial charge on any atom is 0.455 e. The zero-order valence-corrected chi connectivity index (χ0v) is 19.3. The van der Waals surface area contributed by atoms with Crippen molar-refractivity contribution in [2.45, 2.75) is 18.0 Å². The van der Waals surface area contributed by atoms with E-state index in [2.05, 4.69) is 9.89 Å². The van der Waals surface area contributed by atoms with Crippen LogP contribution in [0.25, 0.3) is 0 Å². The fourth-order valence-electron chi connectivity index (χ4n) is 3.76. The highest BCUT2D eigenvalue weighted by Crippen LogP contribution is 2.46. The average molecular weight is 500 g/mol. The zero-order chi connectivity index (χ0) is 24.0. The first-order valence-corrected chi connectivity index (χ1v) is 11.9. The molecule has 0 aliphatic carbocycles. The number of halogens is 3. The molecule has 34 heavy (non-hydrogen) atoms. The third-order valence-electron chi connectivity index (χ3n) is 5.30. The molecule has 0 saturated heterocycles. The fraction of sp³-hybridized carbons (Fsp3) is 0.125. The van der Waals surface area contributed by atoms with Crippen molar-refractivity contribution in [3.8, 4) is 0 Å². The molecule has 0 unspecified atom stereocenters. The van der Waals surface area contributed by atoms with Crippen molar-refractivity contribution in [3.63, 3.8) is 0 Å². The summed E-state index contributed by atoms with van der Waals surface area (Å²) in [7, 11) is 0.454. The van der Waals surface area contributed by atoms with Crippen LogP contribution < -0.4 is 4.90 Å². The number of ketones is 1. The molecule has 5 rings (SSSR count). The molecule has 3 aliphatic rings. The third-order valence-corrected chi connectivity index (χ3v) is 7.43. The Kier molecular flexibility index (Phi) is 5.57. The van der Waals surface area contributed by atoms with Gasteiger partial charge in [0.05, 0.1) is 22.1 Å². The normalized spacial score (nSPS) is 18.6. The van der Waals surface area contributed by atoms with Gasteiger partial charge in [0.25, 0.3) is 11.7 Å². The van der Waals surface area contributed by atoms with E-state index in [0.717, 1.165) is 26.1 Å². The summed E-state index contributed by atoms with van der Waals surface area (Å²) in [6, 6.07) is 17.0. The number of para-hydroxylation sites is 1. The summed E-state index contributed by atoms with van der Waals surface area (Å²) in [6.45, 7) is 2.65. The van der Waals surface area contributed by atoms with Gasteiger partial charge in [0.15, 0.2) is 5.11 Å². The summed E-state index contributed by atoms with van der Waals surface area (Å²) < 4.78 is 39.4. The Morgan fingerprint density at radius 2 is 1.79 bits per heavy atom. The van der Waals surface area contributed by atoms with Crippen LogP contribution in [0.15, 0.2) is 87.4 Å². The number of rotatable bonds is 4. The molecule has 2 aromatic carbocycles. The Morgan fingerprint density at radius 1 is 1.09 bits per heavy atom. The summed E-state index contributed by atoms with van der Waals surface area (Å²) in [5.74, 6) is -3.18. The van der Waals surface area contributed by atoms with E-state index in [4.69, 9.17) is 0 Å². The molecular weight excluding hydrogens is 483 g/mol. The predicted octanol–water partition coefficient (Wildman–Crippen LogP) is 4.81. The molecule has 0 saturated carbocycles. The molecule has 0 N–H and O–H groups in total. The van der Waals surface area contributed by atoms with Crippen molar-refractivity contribution < 1.29 is 22.8 Å². The van der Waals surface area contributed by atoms with Gasteiger partial charge in [0, 0.05) is 17.0 Å². The molecule has 3 heterocycles. The summed E-state index contributed by atoms with van der Waals surface area (Å²) >= 11 is 1.50. The quantitative estimate of drug-likeness (QED) is 0.567. The van der Waals surface area contributed by atoms with E-state index in [1.54, 1.807) is 12.2 Å². The number of thioether (sulfide) groups is 1. The van der Waals surface area contributed by atoms with Crippen molar-refractivity contribution in [1.82, 2.24) is 4.90 Å². The van der Waals surface area contributed by atoms with E-state index in [-0.39, 0.29) is 5.11 Å². The third kappa shape index (κ3) is 3.82. The second-order valence-corrected chi connectivity index (χ2v) is 9.45. The largest absolute Gasteiger partial charge is 0.455 e. The number of carbonyl (C=O) groups is 2. The minimum atomic E-state index is -5.15. The Hall–Kier alpha value is -3.37. The van der Waals surface area contributed by atoms with Gasteiger partial charge >= 0.3 is 6.18 Å². The molecule has 1 amide bonds.